The highest BCUT2D eigenvalue weighted by molar-refractivity contribution is 5.90. The summed E-state index contributed by atoms with van der Waals surface area (Å²) in [6, 6.07) is 7.99. The third-order valence-electron chi connectivity index (χ3n) is 4.61. The molecule has 0 saturated carbocycles. The molecule has 1 N–H and O–H groups in total. The van der Waals surface area contributed by atoms with E-state index in [2.05, 4.69) is 24.3 Å². The number of anilines is 1. The summed E-state index contributed by atoms with van der Waals surface area (Å²) < 4.78 is 5.41. The van der Waals surface area contributed by atoms with Crippen LogP contribution in [0.2, 0.25) is 0 Å². The summed E-state index contributed by atoms with van der Waals surface area (Å²) in [6.07, 6.45) is 1.90. The molecule has 1 fully saturated rings. The molecule has 0 aliphatic carbocycles. The van der Waals surface area contributed by atoms with E-state index in [9.17, 15) is 4.79 Å². The van der Waals surface area contributed by atoms with Gasteiger partial charge in [0.25, 0.3) is 0 Å². The van der Waals surface area contributed by atoms with Crippen LogP contribution < -0.4 is 5.32 Å². The molecule has 5 nitrogen and oxygen atoms in total. The van der Waals surface area contributed by atoms with Gasteiger partial charge in [0.2, 0.25) is 0 Å². The van der Waals surface area contributed by atoms with Gasteiger partial charge in [0, 0.05) is 24.2 Å². The SMILES string of the molecule is Cc1ccc(C)c(NC(=O)N2CCC[C@@H]2c2cc(C(C)C)on2)c1. The number of amides is 2. The zero-order valence-electron chi connectivity index (χ0n) is 14.8. The highest BCUT2D eigenvalue weighted by Crippen LogP contribution is 2.33. The predicted molar refractivity (Wildman–Crippen MR) is 94.2 cm³/mol. The molecule has 1 atom stereocenters. The molecular formula is C19H25N3O2. The van der Waals surface area contributed by atoms with E-state index < -0.39 is 0 Å². The monoisotopic (exact) mass is 327 g/mol. The van der Waals surface area contributed by atoms with Crippen molar-refractivity contribution in [3.8, 4) is 0 Å². The Kier molecular flexibility index (Phi) is 4.60. The fourth-order valence-corrected chi connectivity index (χ4v) is 3.11. The van der Waals surface area contributed by atoms with Crippen molar-refractivity contribution in [2.24, 2.45) is 0 Å². The number of hydrogen-bond donors (Lipinski definition) is 1. The number of urea groups is 1. The maximum absolute atomic E-state index is 12.8. The van der Waals surface area contributed by atoms with Gasteiger partial charge in [0.05, 0.1) is 6.04 Å². The molecule has 0 radical (unpaired) electrons. The van der Waals surface area contributed by atoms with E-state index in [-0.39, 0.29) is 12.1 Å². The first-order valence-corrected chi connectivity index (χ1v) is 8.57. The lowest BCUT2D eigenvalue weighted by atomic mass is 10.1. The summed E-state index contributed by atoms with van der Waals surface area (Å²) in [7, 11) is 0. The molecule has 1 aromatic carbocycles. The van der Waals surface area contributed by atoms with E-state index in [1.54, 1.807) is 0 Å². The Labute approximate surface area is 143 Å². The Morgan fingerprint density at radius 2 is 2.12 bits per heavy atom. The molecule has 1 aliphatic rings. The van der Waals surface area contributed by atoms with Crippen molar-refractivity contribution in [2.75, 3.05) is 11.9 Å². The number of carbonyl (C=O) groups is 1. The zero-order valence-corrected chi connectivity index (χ0v) is 14.8. The van der Waals surface area contributed by atoms with Crippen LogP contribution in [-0.2, 0) is 0 Å². The second-order valence-electron chi connectivity index (χ2n) is 6.91. The summed E-state index contributed by atoms with van der Waals surface area (Å²) in [5, 5.41) is 7.25. The molecule has 24 heavy (non-hydrogen) atoms. The third kappa shape index (κ3) is 3.30. The van der Waals surface area contributed by atoms with Crippen LogP contribution in [-0.4, -0.2) is 22.6 Å². The van der Waals surface area contributed by atoms with Gasteiger partial charge in [-0.25, -0.2) is 4.79 Å². The van der Waals surface area contributed by atoms with Crippen molar-refractivity contribution < 1.29 is 9.32 Å². The van der Waals surface area contributed by atoms with Crippen LogP contribution >= 0.6 is 0 Å². The normalized spacial score (nSPS) is 17.5. The van der Waals surface area contributed by atoms with E-state index in [4.69, 9.17) is 4.52 Å². The number of benzene rings is 1. The van der Waals surface area contributed by atoms with Gasteiger partial charge in [-0.3, -0.25) is 0 Å². The molecule has 1 saturated heterocycles. The lowest BCUT2D eigenvalue weighted by molar-refractivity contribution is 0.204. The minimum absolute atomic E-state index is 0.00800. The lowest BCUT2D eigenvalue weighted by Gasteiger charge is -2.24. The molecule has 2 heterocycles. The van der Waals surface area contributed by atoms with Gasteiger partial charge in [0.15, 0.2) is 0 Å². The predicted octanol–water partition coefficient (Wildman–Crippen LogP) is 4.78. The lowest BCUT2D eigenvalue weighted by Crippen LogP contribution is -2.34. The van der Waals surface area contributed by atoms with E-state index >= 15 is 0 Å². The maximum atomic E-state index is 12.8. The van der Waals surface area contributed by atoms with Gasteiger partial charge in [-0.05, 0) is 43.9 Å². The smallest absolute Gasteiger partial charge is 0.322 e. The van der Waals surface area contributed by atoms with Crippen LogP contribution in [0, 0.1) is 13.8 Å². The van der Waals surface area contributed by atoms with Gasteiger partial charge in [0.1, 0.15) is 11.5 Å². The molecule has 0 bridgehead atoms. The maximum Gasteiger partial charge on any atom is 0.322 e. The van der Waals surface area contributed by atoms with Crippen LogP contribution in [0.25, 0.3) is 0 Å². The average molecular weight is 327 g/mol. The molecule has 5 heteroatoms. The molecule has 1 aromatic heterocycles. The number of aryl methyl sites for hydroxylation is 2. The first-order valence-electron chi connectivity index (χ1n) is 8.57. The van der Waals surface area contributed by atoms with Crippen molar-refractivity contribution in [3.05, 3.63) is 46.8 Å². The zero-order chi connectivity index (χ0) is 17.3. The molecule has 0 unspecified atom stereocenters. The third-order valence-corrected chi connectivity index (χ3v) is 4.61. The fourth-order valence-electron chi connectivity index (χ4n) is 3.11. The summed E-state index contributed by atoms with van der Waals surface area (Å²) in [5.41, 5.74) is 3.92. The van der Waals surface area contributed by atoms with Crippen molar-refractivity contribution in [2.45, 2.75) is 52.5 Å². The Morgan fingerprint density at radius 1 is 1.33 bits per heavy atom. The van der Waals surface area contributed by atoms with Gasteiger partial charge in [-0.1, -0.05) is 31.1 Å². The molecule has 1 aliphatic heterocycles. The summed E-state index contributed by atoms with van der Waals surface area (Å²) in [5.74, 6) is 1.16. The number of nitrogens with one attached hydrogen (secondary N) is 1. The molecule has 2 amide bonds. The quantitative estimate of drug-likeness (QED) is 0.882. The van der Waals surface area contributed by atoms with Gasteiger partial charge in [-0.15, -0.1) is 0 Å². The summed E-state index contributed by atoms with van der Waals surface area (Å²) in [6.45, 7) is 8.92. The van der Waals surface area contributed by atoms with Crippen LogP contribution in [0.3, 0.4) is 0 Å². The van der Waals surface area contributed by atoms with Crippen molar-refractivity contribution >= 4 is 11.7 Å². The van der Waals surface area contributed by atoms with E-state index in [0.29, 0.717) is 5.92 Å². The topological polar surface area (TPSA) is 58.4 Å². The van der Waals surface area contributed by atoms with Crippen LogP contribution in [0.15, 0.2) is 28.8 Å². The molecule has 2 aromatic rings. The Hall–Kier alpha value is -2.30. The number of aromatic nitrogens is 1. The van der Waals surface area contributed by atoms with E-state index in [0.717, 1.165) is 47.7 Å². The van der Waals surface area contributed by atoms with E-state index in [1.165, 1.54) is 0 Å². The second-order valence-corrected chi connectivity index (χ2v) is 6.91. The van der Waals surface area contributed by atoms with Gasteiger partial charge < -0.3 is 14.7 Å². The Bertz CT molecular complexity index is 736. The van der Waals surface area contributed by atoms with Crippen LogP contribution in [0.1, 0.15) is 61.2 Å². The highest BCUT2D eigenvalue weighted by atomic mass is 16.5. The number of hydrogen-bond acceptors (Lipinski definition) is 3. The highest BCUT2D eigenvalue weighted by Gasteiger charge is 2.32. The minimum Gasteiger partial charge on any atom is -0.361 e. The number of carbonyl (C=O) groups excluding carboxylic acids is 1. The average Bonchev–Trinajstić information content (AvgIpc) is 3.18. The van der Waals surface area contributed by atoms with Gasteiger partial charge in [-0.2, -0.15) is 0 Å². The van der Waals surface area contributed by atoms with E-state index in [1.807, 2.05) is 43.0 Å². The standard InChI is InChI=1S/C19H25N3O2/c1-12(2)18-11-16(21-24-18)17-6-5-9-22(17)19(23)20-15-10-13(3)7-8-14(15)4/h7-8,10-12,17H,5-6,9H2,1-4H3,(H,20,23)/t17-/m1/s1. The van der Waals surface area contributed by atoms with Crippen molar-refractivity contribution in [1.29, 1.82) is 0 Å². The van der Waals surface area contributed by atoms with Gasteiger partial charge >= 0.3 is 6.03 Å². The second kappa shape index (κ2) is 6.67. The fraction of sp³-hybridized carbons (Fsp3) is 0.474. The van der Waals surface area contributed by atoms with Crippen molar-refractivity contribution in [3.63, 3.8) is 0 Å². The summed E-state index contributed by atoms with van der Waals surface area (Å²) >= 11 is 0. The Balaban J connectivity index is 1.77. The van der Waals surface area contributed by atoms with Crippen LogP contribution in [0.5, 0.6) is 0 Å². The molecule has 128 valence electrons. The first-order chi connectivity index (χ1) is 11.5. The van der Waals surface area contributed by atoms with Crippen molar-refractivity contribution in [1.82, 2.24) is 10.1 Å². The first kappa shape index (κ1) is 16.6. The Morgan fingerprint density at radius 3 is 2.83 bits per heavy atom. The number of rotatable bonds is 3. The minimum atomic E-state index is -0.0692. The van der Waals surface area contributed by atoms with Crippen LogP contribution in [0.4, 0.5) is 10.5 Å². The molecule has 3 rings (SSSR count). The number of nitrogens with zero attached hydrogens (tertiary/aromatic N) is 2. The number of likely N-dealkylation sites (tertiary alicyclic amines) is 1. The summed E-state index contributed by atoms with van der Waals surface area (Å²) in [4.78, 5) is 14.6. The molecule has 0 spiro atoms. The largest absolute Gasteiger partial charge is 0.361 e. The molecular weight excluding hydrogens is 302 g/mol.